The summed E-state index contributed by atoms with van der Waals surface area (Å²) in [6.07, 6.45) is 0. The Hall–Kier alpha value is -1.96. The molecule has 0 amide bonds. The molecule has 4 rings (SSSR count). The third-order valence-electron chi connectivity index (χ3n) is 4.50. The largest absolute Gasteiger partial charge is 0.408 e. The lowest BCUT2D eigenvalue weighted by Crippen LogP contribution is -2.47. The van der Waals surface area contributed by atoms with Crippen molar-refractivity contribution < 1.29 is 4.42 Å². The van der Waals surface area contributed by atoms with E-state index < -0.39 is 0 Å². The Balaban J connectivity index is 1.41. The van der Waals surface area contributed by atoms with E-state index in [1.54, 1.807) is 16.0 Å². The average Bonchev–Trinajstić information content (AvgIpc) is 3.27. The molecule has 130 valence electrons. The van der Waals surface area contributed by atoms with Crippen LogP contribution in [0.4, 0.5) is 5.69 Å². The van der Waals surface area contributed by atoms with Gasteiger partial charge < -0.3 is 9.32 Å². The van der Waals surface area contributed by atoms with E-state index >= 15 is 0 Å². The predicted molar refractivity (Wildman–Crippen MR) is 104 cm³/mol. The minimum atomic E-state index is 0.435. The van der Waals surface area contributed by atoms with Crippen LogP contribution in [0.1, 0.15) is 5.56 Å². The van der Waals surface area contributed by atoms with Gasteiger partial charge in [-0.15, -0.1) is 16.4 Å². The standard InChI is InChI=1S/C18H20N4OS2/c1-14-5-2-3-6-15(14)21-10-8-20(9-11-21)13-22-18(24)23-17(19-22)16-7-4-12-25-16/h2-7,12H,8-11,13H2,1H3. The van der Waals surface area contributed by atoms with Crippen molar-refractivity contribution in [2.75, 3.05) is 31.1 Å². The molecule has 0 bridgehead atoms. The molecule has 1 aromatic carbocycles. The number of para-hydroxylation sites is 1. The Labute approximate surface area is 156 Å². The summed E-state index contributed by atoms with van der Waals surface area (Å²) in [7, 11) is 0. The fourth-order valence-electron chi connectivity index (χ4n) is 3.13. The van der Waals surface area contributed by atoms with Crippen molar-refractivity contribution in [1.82, 2.24) is 14.7 Å². The van der Waals surface area contributed by atoms with Gasteiger partial charge in [-0.25, -0.2) is 4.68 Å². The van der Waals surface area contributed by atoms with Crippen molar-refractivity contribution in [2.45, 2.75) is 13.6 Å². The number of nitrogens with zero attached hydrogens (tertiary/aromatic N) is 4. The number of aromatic nitrogens is 2. The van der Waals surface area contributed by atoms with Gasteiger partial charge in [0.05, 0.1) is 11.5 Å². The van der Waals surface area contributed by atoms with Crippen molar-refractivity contribution in [2.24, 2.45) is 0 Å². The smallest absolute Gasteiger partial charge is 0.288 e. The lowest BCUT2D eigenvalue weighted by molar-refractivity contribution is 0.192. The van der Waals surface area contributed by atoms with Crippen molar-refractivity contribution in [1.29, 1.82) is 0 Å². The molecule has 1 saturated heterocycles. The van der Waals surface area contributed by atoms with E-state index in [1.165, 1.54) is 11.3 Å². The third kappa shape index (κ3) is 3.53. The van der Waals surface area contributed by atoms with Crippen molar-refractivity contribution >= 4 is 29.2 Å². The molecule has 0 saturated carbocycles. The lowest BCUT2D eigenvalue weighted by atomic mass is 10.1. The maximum absolute atomic E-state index is 5.65. The van der Waals surface area contributed by atoms with Gasteiger partial charge >= 0.3 is 0 Å². The Kier molecular flexibility index (Phi) is 4.70. The van der Waals surface area contributed by atoms with Crippen LogP contribution in [-0.2, 0) is 6.67 Å². The molecule has 0 aliphatic carbocycles. The molecule has 0 spiro atoms. The van der Waals surface area contributed by atoms with Crippen LogP contribution in [0.2, 0.25) is 0 Å². The Morgan fingerprint density at radius 3 is 2.64 bits per heavy atom. The second-order valence-electron chi connectivity index (χ2n) is 6.18. The molecule has 0 N–H and O–H groups in total. The summed E-state index contributed by atoms with van der Waals surface area (Å²) in [6, 6.07) is 12.6. The molecule has 0 radical (unpaired) electrons. The maximum Gasteiger partial charge on any atom is 0.288 e. The highest BCUT2D eigenvalue weighted by Gasteiger charge is 2.19. The van der Waals surface area contributed by atoms with Crippen LogP contribution < -0.4 is 4.90 Å². The van der Waals surface area contributed by atoms with Gasteiger partial charge in [0.25, 0.3) is 10.7 Å². The van der Waals surface area contributed by atoms with E-state index in [0.717, 1.165) is 31.1 Å². The highest BCUT2D eigenvalue weighted by atomic mass is 32.1. The quantitative estimate of drug-likeness (QED) is 0.647. The summed E-state index contributed by atoms with van der Waals surface area (Å²) in [4.78, 5) is 6.26. The number of aryl methyl sites for hydroxylation is 1. The molecule has 25 heavy (non-hydrogen) atoms. The first-order valence-corrected chi connectivity index (χ1v) is 9.64. The topological polar surface area (TPSA) is 37.4 Å². The molecule has 0 atom stereocenters. The summed E-state index contributed by atoms with van der Waals surface area (Å²) in [5.74, 6) is 0.610. The number of piperazine rings is 1. The van der Waals surface area contributed by atoms with Gasteiger partial charge in [0, 0.05) is 31.9 Å². The van der Waals surface area contributed by atoms with Crippen LogP contribution in [0.25, 0.3) is 10.8 Å². The van der Waals surface area contributed by atoms with Gasteiger partial charge in [-0.1, -0.05) is 24.3 Å². The van der Waals surface area contributed by atoms with Gasteiger partial charge in [-0.3, -0.25) is 4.90 Å². The minimum absolute atomic E-state index is 0.435. The number of benzene rings is 1. The van der Waals surface area contributed by atoms with Crippen molar-refractivity contribution in [3.63, 3.8) is 0 Å². The third-order valence-corrected chi connectivity index (χ3v) is 5.65. The summed E-state index contributed by atoms with van der Waals surface area (Å²) in [6.45, 7) is 6.83. The summed E-state index contributed by atoms with van der Waals surface area (Å²) < 4.78 is 7.43. The first-order chi connectivity index (χ1) is 12.2. The number of anilines is 1. The average molecular weight is 373 g/mol. The lowest BCUT2D eigenvalue weighted by Gasteiger charge is -2.36. The SMILES string of the molecule is Cc1ccccc1N1CCN(Cn2nc(-c3cccs3)oc2=S)CC1. The molecule has 1 aliphatic heterocycles. The van der Waals surface area contributed by atoms with E-state index in [-0.39, 0.29) is 0 Å². The van der Waals surface area contributed by atoms with Crippen LogP contribution in [-0.4, -0.2) is 40.9 Å². The van der Waals surface area contributed by atoms with Crippen molar-refractivity contribution in [3.05, 3.63) is 52.2 Å². The zero-order valence-electron chi connectivity index (χ0n) is 14.1. The highest BCUT2D eigenvalue weighted by Crippen LogP contribution is 2.24. The summed E-state index contributed by atoms with van der Waals surface area (Å²) in [5, 5.41) is 6.55. The van der Waals surface area contributed by atoms with Gasteiger partial charge in [0.2, 0.25) is 0 Å². The zero-order valence-corrected chi connectivity index (χ0v) is 15.7. The van der Waals surface area contributed by atoms with E-state index in [0.29, 0.717) is 17.4 Å². The zero-order chi connectivity index (χ0) is 17.2. The fraction of sp³-hybridized carbons (Fsp3) is 0.333. The molecule has 1 fully saturated rings. The van der Waals surface area contributed by atoms with E-state index in [1.807, 2.05) is 17.5 Å². The molecule has 7 heteroatoms. The minimum Gasteiger partial charge on any atom is -0.408 e. The molecule has 3 heterocycles. The molecule has 3 aromatic rings. The van der Waals surface area contributed by atoms with Gasteiger partial charge in [0.15, 0.2) is 0 Å². The first kappa shape index (κ1) is 16.5. The predicted octanol–water partition coefficient (Wildman–Crippen LogP) is 4.02. The number of hydrogen-bond donors (Lipinski definition) is 0. The Morgan fingerprint density at radius 2 is 1.92 bits per heavy atom. The second-order valence-corrected chi connectivity index (χ2v) is 7.48. The summed E-state index contributed by atoms with van der Waals surface area (Å²) >= 11 is 6.94. The molecular weight excluding hydrogens is 352 g/mol. The monoisotopic (exact) mass is 372 g/mol. The normalized spacial score (nSPS) is 15.6. The fourth-order valence-corrected chi connectivity index (χ4v) is 3.95. The van der Waals surface area contributed by atoms with Crippen LogP contribution in [0.15, 0.2) is 46.2 Å². The van der Waals surface area contributed by atoms with Crippen LogP contribution in [0.5, 0.6) is 0 Å². The number of hydrogen-bond acceptors (Lipinski definition) is 6. The van der Waals surface area contributed by atoms with Crippen LogP contribution >= 0.6 is 23.6 Å². The van der Waals surface area contributed by atoms with Crippen LogP contribution in [0.3, 0.4) is 0 Å². The maximum atomic E-state index is 5.65. The Morgan fingerprint density at radius 1 is 1.12 bits per heavy atom. The number of thiophene rings is 1. The summed E-state index contributed by atoms with van der Waals surface area (Å²) in [5.41, 5.74) is 2.66. The molecule has 1 aliphatic rings. The van der Waals surface area contributed by atoms with Crippen molar-refractivity contribution in [3.8, 4) is 10.8 Å². The van der Waals surface area contributed by atoms with E-state index in [9.17, 15) is 0 Å². The van der Waals surface area contributed by atoms with Gasteiger partial charge in [-0.05, 0) is 42.2 Å². The number of rotatable bonds is 4. The van der Waals surface area contributed by atoms with Gasteiger partial charge in [-0.2, -0.15) is 0 Å². The molecular formula is C18H20N4OS2. The molecule has 2 aromatic heterocycles. The molecule has 0 unspecified atom stereocenters. The molecule has 5 nitrogen and oxygen atoms in total. The van der Waals surface area contributed by atoms with Crippen LogP contribution in [0, 0.1) is 11.8 Å². The van der Waals surface area contributed by atoms with E-state index in [4.69, 9.17) is 16.6 Å². The highest BCUT2D eigenvalue weighted by molar-refractivity contribution is 7.71. The second kappa shape index (κ2) is 7.11. The van der Waals surface area contributed by atoms with E-state index in [2.05, 4.69) is 46.1 Å². The first-order valence-electron chi connectivity index (χ1n) is 8.35. The van der Waals surface area contributed by atoms with Gasteiger partial charge in [0.1, 0.15) is 0 Å². The Bertz CT molecular complexity index is 892.